The maximum Gasteiger partial charge on any atom is 0.293 e. The lowest BCUT2D eigenvalue weighted by atomic mass is 10.1. The Balaban J connectivity index is 1.86. The van der Waals surface area contributed by atoms with Gasteiger partial charge >= 0.3 is 0 Å². The number of carbonyl (C=O) groups excluding carboxylic acids is 1. The molecule has 0 aliphatic carbocycles. The zero-order valence-electron chi connectivity index (χ0n) is 18.7. The van der Waals surface area contributed by atoms with Gasteiger partial charge in [-0.3, -0.25) is 14.9 Å². The fourth-order valence-electron chi connectivity index (χ4n) is 3.12. The number of rotatable bonds is 8. The van der Waals surface area contributed by atoms with Crippen molar-refractivity contribution in [3.63, 3.8) is 0 Å². The van der Waals surface area contributed by atoms with Crippen molar-refractivity contribution in [1.82, 2.24) is 0 Å². The van der Waals surface area contributed by atoms with Gasteiger partial charge in [0.25, 0.3) is 11.6 Å². The first kappa shape index (κ1) is 25.6. The van der Waals surface area contributed by atoms with Gasteiger partial charge in [0.15, 0.2) is 11.5 Å². The Hall–Kier alpha value is -4.06. The number of anilines is 1. The van der Waals surface area contributed by atoms with Gasteiger partial charge in [-0.05, 0) is 54.5 Å². The van der Waals surface area contributed by atoms with E-state index in [1.165, 1.54) is 25.3 Å². The Labute approximate surface area is 211 Å². The van der Waals surface area contributed by atoms with Crippen LogP contribution in [0, 0.1) is 28.4 Å². The number of amides is 1. The number of hydrogen-bond acceptors (Lipinski definition) is 6. The molecule has 178 valence electrons. The zero-order valence-corrected chi connectivity index (χ0v) is 20.2. The number of nitrogens with one attached hydrogen (secondary N) is 1. The van der Waals surface area contributed by atoms with Gasteiger partial charge < -0.3 is 14.8 Å². The van der Waals surface area contributed by atoms with E-state index >= 15 is 0 Å². The molecule has 1 N–H and O–H groups in total. The fraction of sp³-hybridized carbons (Fsp3) is 0.120. The van der Waals surface area contributed by atoms with E-state index in [9.17, 15) is 20.2 Å². The average molecular weight is 512 g/mol. The summed E-state index contributed by atoms with van der Waals surface area (Å²) >= 11 is 12.4. The lowest BCUT2D eigenvalue weighted by Crippen LogP contribution is -2.14. The molecule has 0 atom stereocenters. The summed E-state index contributed by atoms with van der Waals surface area (Å²) in [4.78, 5) is 23.4. The summed E-state index contributed by atoms with van der Waals surface area (Å²) < 4.78 is 11.2. The molecule has 1 amide bonds. The molecule has 0 heterocycles. The Morgan fingerprint density at radius 1 is 1.14 bits per heavy atom. The molecule has 0 bridgehead atoms. The van der Waals surface area contributed by atoms with Crippen LogP contribution < -0.4 is 14.8 Å². The highest BCUT2D eigenvalue weighted by Gasteiger charge is 2.18. The van der Waals surface area contributed by atoms with E-state index in [2.05, 4.69) is 5.32 Å². The van der Waals surface area contributed by atoms with Gasteiger partial charge in [0.2, 0.25) is 0 Å². The van der Waals surface area contributed by atoms with E-state index in [4.69, 9.17) is 32.7 Å². The quantitative estimate of drug-likeness (QED) is 0.163. The second kappa shape index (κ2) is 11.4. The second-order valence-corrected chi connectivity index (χ2v) is 8.12. The number of nitro groups is 1. The van der Waals surface area contributed by atoms with Crippen molar-refractivity contribution in [2.24, 2.45) is 0 Å². The normalized spacial score (nSPS) is 10.9. The van der Waals surface area contributed by atoms with Crippen LogP contribution in [0.3, 0.4) is 0 Å². The van der Waals surface area contributed by atoms with Crippen LogP contribution in [-0.4, -0.2) is 17.9 Å². The highest BCUT2D eigenvalue weighted by molar-refractivity contribution is 6.35. The van der Waals surface area contributed by atoms with Crippen LogP contribution in [0.2, 0.25) is 10.0 Å². The predicted molar refractivity (Wildman–Crippen MR) is 134 cm³/mol. The zero-order chi connectivity index (χ0) is 25.5. The molecule has 3 aromatic rings. The van der Waals surface area contributed by atoms with Crippen molar-refractivity contribution >= 4 is 46.6 Å². The maximum absolute atomic E-state index is 12.7. The molecule has 35 heavy (non-hydrogen) atoms. The third-order valence-electron chi connectivity index (χ3n) is 4.90. The second-order valence-electron chi connectivity index (χ2n) is 7.30. The highest BCUT2D eigenvalue weighted by Crippen LogP contribution is 2.32. The number of carbonyl (C=O) groups is 1. The minimum absolute atomic E-state index is 0.0119. The first-order valence-electron chi connectivity index (χ1n) is 10.2. The number of aryl methyl sites for hydroxylation is 1. The smallest absolute Gasteiger partial charge is 0.293 e. The number of hydrogen-bond donors (Lipinski definition) is 1. The molecule has 8 nitrogen and oxygen atoms in total. The standard InChI is InChI=1S/C25H19Cl2N3O5/c1-15-6-8-21(22(10-15)30(32)33)29-25(31)17(13-28)11-16-7-9-23(34-2)24(12-16)35-14-18-19(26)4-3-5-20(18)27/h3-12H,14H2,1-2H3,(H,29,31)/b17-11+. The fourth-order valence-corrected chi connectivity index (χ4v) is 3.63. The van der Waals surface area contributed by atoms with Crippen LogP contribution in [0.4, 0.5) is 11.4 Å². The summed E-state index contributed by atoms with van der Waals surface area (Å²) in [5.74, 6) is -0.0340. The molecule has 0 aromatic heterocycles. The van der Waals surface area contributed by atoms with Gasteiger partial charge in [-0.15, -0.1) is 0 Å². The van der Waals surface area contributed by atoms with E-state index < -0.39 is 10.8 Å². The van der Waals surface area contributed by atoms with E-state index in [0.29, 0.717) is 38.2 Å². The van der Waals surface area contributed by atoms with Crippen molar-refractivity contribution in [2.75, 3.05) is 12.4 Å². The molecule has 0 unspecified atom stereocenters. The minimum Gasteiger partial charge on any atom is -0.493 e. The van der Waals surface area contributed by atoms with Crippen LogP contribution in [-0.2, 0) is 11.4 Å². The molecule has 0 aliphatic rings. The summed E-state index contributed by atoms with van der Waals surface area (Å²) in [5, 5.41) is 24.2. The minimum atomic E-state index is -0.791. The summed E-state index contributed by atoms with van der Waals surface area (Å²) in [7, 11) is 1.48. The topological polar surface area (TPSA) is 114 Å². The molecule has 0 saturated heterocycles. The molecule has 0 saturated carbocycles. The van der Waals surface area contributed by atoms with Gasteiger partial charge in [0, 0.05) is 21.7 Å². The van der Waals surface area contributed by atoms with E-state index in [0.717, 1.165) is 0 Å². The molecular weight excluding hydrogens is 493 g/mol. The van der Waals surface area contributed by atoms with Gasteiger partial charge in [0.1, 0.15) is 23.9 Å². The molecule has 10 heteroatoms. The summed E-state index contributed by atoms with van der Waals surface area (Å²) in [6.07, 6.45) is 1.34. The van der Waals surface area contributed by atoms with Crippen LogP contribution in [0.1, 0.15) is 16.7 Å². The number of ether oxygens (including phenoxy) is 2. The molecular formula is C25H19Cl2N3O5. The van der Waals surface area contributed by atoms with E-state index in [-0.39, 0.29) is 23.6 Å². The van der Waals surface area contributed by atoms with E-state index in [1.54, 1.807) is 49.4 Å². The Morgan fingerprint density at radius 2 is 1.86 bits per heavy atom. The molecule has 3 aromatic carbocycles. The SMILES string of the molecule is COc1ccc(/C=C(\C#N)C(=O)Nc2ccc(C)cc2[N+](=O)[O-])cc1OCc1c(Cl)cccc1Cl. The third-order valence-corrected chi connectivity index (χ3v) is 5.60. The molecule has 0 aliphatic heterocycles. The average Bonchev–Trinajstić information content (AvgIpc) is 2.83. The lowest BCUT2D eigenvalue weighted by molar-refractivity contribution is -0.384. The van der Waals surface area contributed by atoms with Crippen LogP contribution in [0.15, 0.2) is 60.2 Å². The monoisotopic (exact) mass is 511 g/mol. The molecule has 0 fully saturated rings. The van der Waals surface area contributed by atoms with Crippen molar-refractivity contribution in [1.29, 1.82) is 5.26 Å². The Bertz CT molecular complexity index is 1350. The summed E-state index contributed by atoms with van der Waals surface area (Å²) in [5.41, 5.74) is 1.18. The Kier molecular flexibility index (Phi) is 8.31. The van der Waals surface area contributed by atoms with Gasteiger partial charge in [-0.25, -0.2) is 0 Å². The van der Waals surface area contributed by atoms with Crippen molar-refractivity contribution < 1.29 is 19.2 Å². The lowest BCUT2D eigenvalue weighted by Gasteiger charge is -2.13. The molecule has 0 radical (unpaired) electrons. The van der Waals surface area contributed by atoms with Crippen molar-refractivity contribution in [3.8, 4) is 17.6 Å². The first-order chi connectivity index (χ1) is 16.7. The van der Waals surface area contributed by atoms with Crippen LogP contribution in [0.5, 0.6) is 11.5 Å². The Morgan fingerprint density at radius 3 is 2.49 bits per heavy atom. The van der Waals surface area contributed by atoms with Crippen LogP contribution in [0.25, 0.3) is 6.08 Å². The number of benzene rings is 3. The van der Waals surface area contributed by atoms with Crippen LogP contribution >= 0.6 is 23.2 Å². The van der Waals surface area contributed by atoms with Gasteiger partial charge in [-0.1, -0.05) is 41.4 Å². The van der Waals surface area contributed by atoms with Gasteiger partial charge in [-0.2, -0.15) is 5.26 Å². The predicted octanol–water partition coefficient (Wildman–Crippen LogP) is 6.34. The number of nitriles is 1. The highest BCUT2D eigenvalue weighted by atomic mass is 35.5. The van der Waals surface area contributed by atoms with Gasteiger partial charge in [0.05, 0.1) is 12.0 Å². The largest absolute Gasteiger partial charge is 0.493 e. The van der Waals surface area contributed by atoms with Crippen molar-refractivity contribution in [2.45, 2.75) is 13.5 Å². The van der Waals surface area contributed by atoms with E-state index in [1.807, 2.05) is 6.07 Å². The third kappa shape index (κ3) is 6.29. The summed E-state index contributed by atoms with van der Waals surface area (Å²) in [6, 6.07) is 16.1. The summed E-state index contributed by atoms with van der Waals surface area (Å²) in [6.45, 7) is 1.76. The molecule has 0 spiro atoms. The number of methoxy groups -OCH3 is 1. The number of nitrogens with zero attached hydrogens (tertiary/aromatic N) is 2. The molecule has 3 rings (SSSR count). The first-order valence-corrected chi connectivity index (χ1v) is 10.9. The number of halogens is 2. The number of nitro benzene ring substituents is 1. The maximum atomic E-state index is 12.7. The van der Waals surface area contributed by atoms with Crippen molar-refractivity contribution in [3.05, 3.63) is 97.0 Å².